The van der Waals surface area contributed by atoms with Crippen LogP contribution in [0.5, 0.6) is 0 Å². The zero-order valence-corrected chi connectivity index (χ0v) is 15.2. The smallest absolute Gasteiger partial charge is 0.424 e. The number of benzene rings is 1. The van der Waals surface area contributed by atoms with Gasteiger partial charge >= 0.3 is 6.09 Å². The molecule has 2 aliphatic rings. The van der Waals surface area contributed by atoms with Crippen molar-refractivity contribution in [2.75, 3.05) is 0 Å². The number of ether oxygens (including phenoxy) is 2. The third-order valence-electron chi connectivity index (χ3n) is 4.18. The van der Waals surface area contributed by atoms with Crippen molar-refractivity contribution in [1.29, 1.82) is 0 Å². The molecule has 3 atom stereocenters. The highest BCUT2D eigenvalue weighted by atomic mass is 32.2. The van der Waals surface area contributed by atoms with Crippen molar-refractivity contribution in [3.63, 3.8) is 0 Å². The predicted octanol–water partition coefficient (Wildman–Crippen LogP) is 2.85. The summed E-state index contributed by atoms with van der Waals surface area (Å²) in [5, 5.41) is 0. The maximum absolute atomic E-state index is 13.1. The van der Waals surface area contributed by atoms with Crippen molar-refractivity contribution in [2.45, 2.75) is 69.3 Å². The molecule has 1 saturated carbocycles. The molecule has 1 aliphatic heterocycles. The van der Waals surface area contributed by atoms with Crippen LogP contribution in [0, 0.1) is 6.92 Å². The molecule has 24 heavy (non-hydrogen) atoms. The van der Waals surface area contributed by atoms with Crippen molar-refractivity contribution in [1.82, 2.24) is 4.31 Å². The average Bonchev–Trinajstić information content (AvgIpc) is 3.04. The van der Waals surface area contributed by atoms with Gasteiger partial charge in [0.1, 0.15) is 5.60 Å². The Balaban J connectivity index is 1.93. The lowest BCUT2D eigenvalue weighted by molar-refractivity contribution is 0.0320. The van der Waals surface area contributed by atoms with Gasteiger partial charge in [0.25, 0.3) is 10.0 Å². The molecule has 1 unspecified atom stereocenters. The van der Waals surface area contributed by atoms with Gasteiger partial charge in [0, 0.05) is 0 Å². The Labute approximate surface area is 142 Å². The molecule has 1 aromatic carbocycles. The summed E-state index contributed by atoms with van der Waals surface area (Å²) in [6.07, 6.45) is 0.347. The van der Waals surface area contributed by atoms with E-state index in [-0.39, 0.29) is 17.1 Å². The molecule has 1 aromatic rings. The van der Waals surface area contributed by atoms with E-state index >= 15 is 0 Å². The highest BCUT2D eigenvalue weighted by Crippen LogP contribution is 2.42. The molecule has 1 amide bonds. The van der Waals surface area contributed by atoms with Crippen molar-refractivity contribution in [3.8, 4) is 0 Å². The third-order valence-corrected chi connectivity index (χ3v) is 6.01. The average molecular weight is 353 g/mol. The zero-order valence-electron chi connectivity index (χ0n) is 14.4. The fraction of sp³-hybridized carbons (Fsp3) is 0.588. The molecule has 0 radical (unpaired) electrons. The normalized spacial score (nSPS) is 25.9. The first-order valence-electron chi connectivity index (χ1n) is 8.07. The molecule has 0 aromatic heterocycles. The van der Waals surface area contributed by atoms with Gasteiger partial charge in [0.05, 0.1) is 23.1 Å². The SMILES string of the molecule is Cc1ccc(S(=O)(=O)N(C(=O)OC(C)(C)C)C2C[C@@H]3O[C@@H]3C2)cc1. The first-order chi connectivity index (χ1) is 11.1. The maximum Gasteiger partial charge on any atom is 0.424 e. The highest BCUT2D eigenvalue weighted by Gasteiger charge is 2.53. The lowest BCUT2D eigenvalue weighted by Gasteiger charge is -2.31. The van der Waals surface area contributed by atoms with Crippen LogP contribution in [0.25, 0.3) is 0 Å². The number of nitrogens with zero attached hydrogens (tertiary/aromatic N) is 1. The molecule has 0 N–H and O–H groups in total. The topological polar surface area (TPSA) is 76.2 Å². The number of epoxide rings is 1. The fourth-order valence-corrected chi connectivity index (χ4v) is 4.50. The summed E-state index contributed by atoms with van der Waals surface area (Å²) >= 11 is 0. The van der Waals surface area contributed by atoms with Crippen LogP contribution in [-0.4, -0.2) is 42.7 Å². The monoisotopic (exact) mass is 353 g/mol. The summed E-state index contributed by atoms with van der Waals surface area (Å²) in [7, 11) is -3.97. The van der Waals surface area contributed by atoms with E-state index in [4.69, 9.17) is 9.47 Å². The molecule has 0 spiro atoms. The van der Waals surface area contributed by atoms with Gasteiger partial charge < -0.3 is 9.47 Å². The van der Waals surface area contributed by atoms with Gasteiger partial charge in [-0.25, -0.2) is 13.2 Å². The molecule has 7 heteroatoms. The summed E-state index contributed by atoms with van der Waals surface area (Å²) in [5.41, 5.74) is 0.184. The summed E-state index contributed by atoms with van der Waals surface area (Å²) in [4.78, 5) is 12.7. The van der Waals surface area contributed by atoms with E-state index in [2.05, 4.69) is 0 Å². The molecule has 1 aliphatic carbocycles. The Hall–Kier alpha value is -1.60. The van der Waals surface area contributed by atoms with Crippen LogP contribution in [0.3, 0.4) is 0 Å². The lowest BCUT2D eigenvalue weighted by atomic mass is 10.2. The fourth-order valence-electron chi connectivity index (χ4n) is 2.99. The zero-order chi connectivity index (χ0) is 17.7. The van der Waals surface area contributed by atoms with Crippen LogP contribution in [0.1, 0.15) is 39.2 Å². The van der Waals surface area contributed by atoms with Crippen LogP contribution >= 0.6 is 0 Å². The van der Waals surface area contributed by atoms with E-state index in [1.165, 1.54) is 12.1 Å². The quantitative estimate of drug-likeness (QED) is 0.781. The number of aryl methyl sites for hydroxylation is 1. The lowest BCUT2D eigenvalue weighted by Crippen LogP contribution is -2.46. The Bertz CT molecular complexity index is 725. The summed E-state index contributed by atoms with van der Waals surface area (Å²) < 4.78 is 37.8. The number of carbonyl (C=O) groups is 1. The van der Waals surface area contributed by atoms with Gasteiger partial charge in [-0.1, -0.05) is 17.7 Å². The number of hydrogen-bond donors (Lipinski definition) is 0. The molecule has 6 nitrogen and oxygen atoms in total. The predicted molar refractivity (Wildman–Crippen MR) is 88.1 cm³/mol. The summed E-state index contributed by atoms with van der Waals surface area (Å²) in [6, 6.07) is 6.06. The van der Waals surface area contributed by atoms with Gasteiger partial charge in [0.15, 0.2) is 0 Å². The van der Waals surface area contributed by atoms with E-state index in [1.807, 2.05) is 6.92 Å². The number of rotatable bonds is 3. The number of hydrogen-bond acceptors (Lipinski definition) is 5. The van der Waals surface area contributed by atoms with Crippen molar-refractivity contribution in [2.24, 2.45) is 0 Å². The Morgan fingerprint density at radius 1 is 1.17 bits per heavy atom. The largest absolute Gasteiger partial charge is 0.443 e. The van der Waals surface area contributed by atoms with E-state index in [9.17, 15) is 13.2 Å². The molecule has 2 fully saturated rings. The van der Waals surface area contributed by atoms with Crippen LogP contribution in [0.4, 0.5) is 4.79 Å². The molecule has 3 rings (SSSR count). The first kappa shape index (κ1) is 17.2. The minimum Gasteiger partial charge on any atom is -0.443 e. The highest BCUT2D eigenvalue weighted by molar-refractivity contribution is 7.89. The van der Waals surface area contributed by atoms with Crippen molar-refractivity contribution in [3.05, 3.63) is 29.8 Å². The minimum atomic E-state index is -3.97. The minimum absolute atomic E-state index is 0.0631. The second kappa shape index (κ2) is 5.74. The van der Waals surface area contributed by atoms with Gasteiger partial charge in [-0.15, -0.1) is 0 Å². The van der Waals surface area contributed by atoms with Crippen molar-refractivity contribution >= 4 is 16.1 Å². The van der Waals surface area contributed by atoms with Gasteiger partial charge in [0.2, 0.25) is 0 Å². The number of sulfonamides is 1. The molecule has 1 heterocycles. The van der Waals surface area contributed by atoms with Crippen LogP contribution in [-0.2, 0) is 19.5 Å². The molecule has 132 valence electrons. The van der Waals surface area contributed by atoms with Gasteiger partial charge in [-0.05, 0) is 52.7 Å². The maximum atomic E-state index is 13.1. The van der Waals surface area contributed by atoms with Crippen molar-refractivity contribution < 1.29 is 22.7 Å². The standard InChI is InChI=1S/C17H23NO5S/c1-11-5-7-13(8-6-11)24(20,21)18(16(19)23-17(2,3)4)12-9-14-15(10-12)22-14/h5-8,12,14-15H,9-10H2,1-4H3/t12?,14-,15+. The van der Waals surface area contributed by atoms with Crippen LogP contribution < -0.4 is 0 Å². The first-order valence-corrected chi connectivity index (χ1v) is 9.51. The number of amides is 1. The van der Waals surface area contributed by atoms with E-state index < -0.39 is 27.8 Å². The Kier molecular flexibility index (Phi) is 4.12. The molecule has 0 bridgehead atoms. The second-order valence-corrected chi connectivity index (χ2v) is 9.25. The summed E-state index contributed by atoms with van der Waals surface area (Å²) in [5.74, 6) is 0. The van der Waals surface area contributed by atoms with Gasteiger partial charge in [-0.2, -0.15) is 4.31 Å². The number of fused-ring (bicyclic) bond motifs is 1. The van der Waals surface area contributed by atoms with E-state index in [1.54, 1.807) is 32.9 Å². The third kappa shape index (κ3) is 3.42. The molecular formula is C17H23NO5S. The Morgan fingerprint density at radius 2 is 1.71 bits per heavy atom. The van der Waals surface area contributed by atoms with Gasteiger partial charge in [-0.3, -0.25) is 0 Å². The molecule has 1 saturated heterocycles. The number of carbonyl (C=O) groups excluding carboxylic acids is 1. The Morgan fingerprint density at radius 3 is 2.21 bits per heavy atom. The van der Waals surface area contributed by atoms with Crippen LogP contribution in [0.15, 0.2) is 29.2 Å². The van der Waals surface area contributed by atoms with Crippen LogP contribution in [0.2, 0.25) is 0 Å². The van der Waals surface area contributed by atoms with E-state index in [0.29, 0.717) is 12.8 Å². The summed E-state index contributed by atoms with van der Waals surface area (Å²) in [6.45, 7) is 7.04. The molecular weight excluding hydrogens is 330 g/mol. The second-order valence-electron chi connectivity index (χ2n) is 7.43. The van der Waals surface area contributed by atoms with E-state index in [0.717, 1.165) is 9.87 Å².